The highest BCUT2D eigenvalue weighted by Crippen LogP contribution is 2.39. The minimum atomic E-state index is -4.66. The molecule has 2 aromatic carbocycles. The normalized spacial score (nSPS) is 16.6. The van der Waals surface area contributed by atoms with Crippen LogP contribution in [0, 0.1) is 0 Å². The Morgan fingerprint density at radius 1 is 1.06 bits per heavy atom. The van der Waals surface area contributed by atoms with Gasteiger partial charge in [-0.15, -0.1) is 0 Å². The van der Waals surface area contributed by atoms with E-state index in [2.05, 4.69) is 4.99 Å². The summed E-state index contributed by atoms with van der Waals surface area (Å²) in [5.41, 5.74) is 15.4. The van der Waals surface area contributed by atoms with Gasteiger partial charge in [0, 0.05) is 18.7 Å². The second-order valence-electron chi connectivity index (χ2n) is 8.79. The summed E-state index contributed by atoms with van der Waals surface area (Å²) in [6.07, 6.45) is -3.62. The van der Waals surface area contributed by atoms with Crippen LogP contribution in [0.3, 0.4) is 0 Å². The number of alkyl halides is 3. The fraction of sp³-hybridized carbons (Fsp3) is 0.375. The molecule has 6 N–H and O–H groups in total. The maximum absolute atomic E-state index is 13.8. The van der Waals surface area contributed by atoms with Crippen LogP contribution in [0.5, 0.6) is 0 Å². The van der Waals surface area contributed by atoms with Gasteiger partial charge in [-0.25, -0.2) is 0 Å². The Balaban J connectivity index is 1.74. The van der Waals surface area contributed by atoms with Gasteiger partial charge in [0.1, 0.15) is 0 Å². The van der Waals surface area contributed by atoms with E-state index in [4.69, 9.17) is 17.2 Å². The molecule has 1 atom stereocenters. The number of hydrogen-bond acceptors (Lipinski definition) is 3. The van der Waals surface area contributed by atoms with Gasteiger partial charge in [0.2, 0.25) is 5.91 Å². The maximum Gasteiger partial charge on any atom is 0.416 e. The number of carbonyl (C=O) groups excluding carboxylic acids is 2. The molecule has 0 spiro atoms. The third-order valence-electron chi connectivity index (χ3n) is 5.96. The first-order valence-corrected chi connectivity index (χ1v) is 10.9. The van der Waals surface area contributed by atoms with E-state index in [1.54, 1.807) is 11.8 Å². The smallest absolute Gasteiger partial charge is 0.370 e. The first-order valence-electron chi connectivity index (χ1n) is 10.9. The van der Waals surface area contributed by atoms with Gasteiger partial charge in [-0.2, -0.15) is 18.2 Å². The number of carbonyl (C=O) groups is 2. The second-order valence-corrected chi connectivity index (χ2v) is 8.79. The predicted octanol–water partition coefficient (Wildman–Crippen LogP) is 2.79. The molecule has 0 radical (unpaired) electrons. The molecule has 1 aliphatic heterocycles. The lowest BCUT2D eigenvalue weighted by Crippen LogP contribution is -2.56. The molecule has 1 fully saturated rings. The van der Waals surface area contributed by atoms with Gasteiger partial charge in [-0.1, -0.05) is 36.4 Å². The average molecular weight is 476 g/mol. The summed E-state index contributed by atoms with van der Waals surface area (Å²) in [4.78, 5) is 30.0. The van der Waals surface area contributed by atoms with Crippen molar-refractivity contribution in [1.82, 2.24) is 4.90 Å². The van der Waals surface area contributed by atoms with E-state index in [1.807, 2.05) is 30.3 Å². The van der Waals surface area contributed by atoms with Crippen molar-refractivity contribution in [2.24, 2.45) is 22.2 Å². The van der Waals surface area contributed by atoms with Crippen LogP contribution in [0.15, 0.2) is 53.5 Å². The summed E-state index contributed by atoms with van der Waals surface area (Å²) in [5.74, 6) is -2.13. The van der Waals surface area contributed by atoms with Crippen molar-refractivity contribution >= 4 is 17.8 Å². The summed E-state index contributed by atoms with van der Waals surface area (Å²) in [7, 11) is 0. The Kier molecular flexibility index (Phi) is 7.30. The quantitative estimate of drug-likeness (QED) is 0.453. The number of aliphatic imine (C=N–C) groups is 1. The van der Waals surface area contributed by atoms with Gasteiger partial charge >= 0.3 is 6.18 Å². The zero-order chi connectivity index (χ0) is 25.1. The van der Waals surface area contributed by atoms with E-state index in [1.165, 1.54) is 12.1 Å². The largest absolute Gasteiger partial charge is 0.416 e. The molecule has 1 heterocycles. The van der Waals surface area contributed by atoms with Gasteiger partial charge in [0.15, 0.2) is 5.96 Å². The lowest BCUT2D eigenvalue weighted by Gasteiger charge is -2.37. The molecule has 2 amide bonds. The predicted molar refractivity (Wildman–Crippen MR) is 123 cm³/mol. The number of piperidine rings is 1. The second kappa shape index (κ2) is 9.84. The van der Waals surface area contributed by atoms with Crippen molar-refractivity contribution in [1.29, 1.82) is 0 Å². The third-order valence-corrected chi connectivity index (χ3v) is 5.96. The summed E-state index contributed by atoms with van der Waals surface area (Å²) in [5, 5.41) is 0. The molecule has 3 rings (SSSR count). The van der Waals surface area contributed by atoms with Crippen molar-refractivity contribution in [2.45, 2.75) is 43.8 Å². The average Bonchev–Trinajstić information content (AvgIpc) is 2.77. The molecule has 182 valence electrons. The highest BCUT2D eigenvalue weighted by atomic mass is 19.4. The molecule has 1 saturated heterocycles. The van der Waals surface area contributed by atoms with Crippen molar-refractivity contribution < 1.29 is 22.8 Å². The fourth-order valence-corrected chi connectivity index (χ4v) is 4.32. The molecular weight excluding hydrogens is 447 g/mol. The van der Waals surface area contributed by atoms with Crippen LogP contribution in [0.1, 0.15) is 52.7 Å². The van der Waals surface area contributed by atoms with Crippen LogP contribution in [0.25, 0.3) is 0 Å². The van der Waals surface area contributed by atoms with Crippen LogP contribution < -0.4 is 17.2 Å². The van der Waals surface area contributed by atoms with Crippen molar-refractivity contribution in [2.75, 3.05) is 13.1 Å². The number of hydrogen-bond donors (Lipinski definition) is 3. The molecule has 2 aromatic rings. The lowest BCUT2D eigenvalue weighted by molar-refractivity contribution is -0.140. The third kappa shape index (κ3) is 5.93. The number of amides is 2. The number of rotatable bonds is 5. The minimum absolute atomic E-state index is 0.0839. The molecule has 10 heteroatoms. The first kappa shape index (κ1) is 25.2. The van der Waals surface area contributed by atoms with E-state index in [0.717, 1.165) is 11.6 Å². The molecule has 0 aromatic heterocycles. The summed E-state index contributed by atoms with van der Waals surface area (Å²) in [6, 6.07) is 12.8. The number of nitrogens with zero attached hydrogens (tertiary/aromatic N) is 2. The highest BCUT2D eigenvalue weighted by molar-refractivity contribution is 6.02. The number of benzene rings is 2. The molecular formula is C24H28F3N5O2. The van der Waals surface area contributed by atoms with E-state index >= 15 is 0 Å². The van der Waals surface area contributed by atoms with Crippen LogP contribution in [0.4, 0.5) is 13.2 Å². The van der Waals surface area contributed by atoms with Gasteiger partial charge in [-0.3, -0.25) is 9.59 Å². The molecule has 7 nitrogen and oxygen atoms in total. The topological polar surface area (TPSA) is 128 Å². The monoisotopic (exact) mass is 475 g/mol. The summed E-state index contributed by atoms with van der Waals surface area (Å²) < 4.78 is 41.4. The number of guanidine groups is 1. The van der Waals surface area contributed by atoms with Crippen molar-refractivity contribution in [3.8, 4) is 0 Å². The Morgan fingerprint density at radius 3 is 2.24 bits per heavy atom. The van der Waals surface area contributed by atoms with Gasteiger partial charge < -0.3 is 22.1 Å². The molecule has 34 heavy (non-hydrogen) atoms. The summed E-state index contributed by atoms with van der Waals surface area (Å²) in [6.45, 7) is 2.25. The van der Waals surface area contributed by atoms with Crippen molar-refractivity contribution in [3.05, 3.63) is 70.8 Å². The van der Waals surface area contributed by atoms with Gasteiger partial charge in [0.05, 0.1) is 11.1 Å². The Hall–Kier alpha value is -3.40. The molecule has 1 aliphatic rings. The zero-order valence-corrected chi connectivity index (χ0v) is 18.8. The molecule has 0 saturated carbocycles. The summed E-state index contributed by atoms with van der Waals surface area (Å²) >= 11 is 0. The zero-order valence-electron chi connectivity index (χ0n) is 18.8. The molecule has 0 bridgehead atoms. The molecule has 0 unspecified atom stereocenters. The highest BCUT2D eigenvalue weighted by Gasteiger charge is 2.39. The van der Waals surface area contributed by atoms with Crippen LogP contribution >= 0.6 is 0 Å². The molecule has 0 aliphatic carbocycles. The van der Waals surface area contributed by atoms with Crippen molar-refractivity contribution in [3.63, 3.8) is 0 Å². The van der Waals surface area contributed by atoms with Crippen LogP contribution in [-0.4, -0.2) is 41.3 Å². The van der Waals surface area contributed by atoms with Gasteiger partial charge in [-0.05, 0) is 55.4 Å². The first-order chi connectivity index (χ1) is 15.9. The minimum Gasteiger partial charge on any atom is -0.370 e. The van der Waals surface area contributed by atoms with E-state index in [9.17, 15) is 22.8 Å². The van der Waals surface area contributed by atoms with E-state index < -0.39 is 35.1 Å². The SMILES string of the molecule is C[C@@](N)(Cc1ccccc1)C(=O)N1CCC(c2ccc(C(=O)N=C(N)N)cc2C(F)(F)F)CC1. The Bertz CT molecular complexity index is 1070. The fourth-order valence-electron chi connectivity index (χ4n) is 4.32. The van der Waals surface area contributed by atoms with E-state index in [-0.39, 0.29) is 30.1 Å². The van der Waals surface area contributed by atoms with Crippen LogP contribution in [0.2, 0.25) is 0 Å². The number of nitrogens with two attached hydrogens (primary N) is 3. The Labute approximate surface area is 195 Å². The van der Waals surface area contributed by atoms with Gasteiger partial charge in [0.25, 0.3) is 5.91 Å². The Morgan fingerprint density at radius 2 is 1.68 bits per heavy atom. The number of likely N-dealkylation sites (tertiary alicyclic amines) is 1. The van der Waals surface area contributed by atoms with Crippen LogP contribution in [-0.2, 0) is 17.4 Å². The van der Waals surface area contributed by atoms with E-state index in [0.29, 0.717) is 19.3 Å². The standard InChI is InChI=1S/C24H28F3N5O2/c1-23(30,14-15-5-3-2-4-6-15)21(34)32-11-9-16(10-12-32)18-8-7-17(20(33)31-22(28)29)13-19(18)24(25,26)27/h2-8,13,16H,9-12,14,30H2,1H3,(H4,28,29,31,33)/t23-/m1/s1. The number of halogens is 3. The maximum atomic E-state index is 13.8. The lowest BCUT2D eigenvalue weighted by atomic mass is 9.84.